The molecule has 2 saturated carbocycles. The van der Waals surface area contributed by atoms with E-state index in [0.717, 1.165) is 52.9 Å². The molecule has 3 aromatic carbocycles. The molecule has 3 unspecified atom stereocenters. The van der Waals surface area contributed by atoms with Crippen LogP contribution in [0, 0.1) is 36.3 Å². The number of halogens is 2. The summed E-state index contributed by atoms with van der Waals surface area (Å²) in [5.41, 5.74) is 9.30. The summed E-state index contributed by atoms with van der Waals surface area (Å²) in [7, 11) is 1.61. The van der Waals surface area contributed by atoms with E-state index in [1.807, 2.05) is 13.0 Å². The Morgan fingerprint density at radius 3 is 2.47 bits per heavy atom. The molecule has 1 amide bonds. The number of aryl methyl sites for hydroxylation is 2. The third kappa shape index (κ3) is 6.68. The summed E-state index contributed by atoms with van der Waals surface area (Å²) >= 11 is 0. The summed E-state index contributed by atoms with van der Waals surface area (Å²) in [4.78, 5) is 52.3. The molecule has 3 aromatic heterocycles. The summed E-state index contributed by atoms with van der Waals surface area (Å²) in [6, 6.07) is 13.7. The molecule has 2 aliphatic heterocycles. The van der Waals surface area contributed by atoms with Crippen LogP contribution >= 0.6 is 0 Å². The zero-order valence-corrected chi connectivity index (χ0v) is 37.7. The minimum absolute atomic E-state index is 0.0283. The van der Waals surface area contributed by atoms with E-state index in [-0.39, 0.29) is 52.9 Å². The molecule has 66 heavy (non-hydrogen) atoms. The number of ether oxygens (including phenoxy) is 1. The molecule has 0 radical (unpaired) electrons. The van der Waals surface area contributed by atoms with E-state index in [1.165, 1.54) is 23.0 Å². The van der Waals surface area contributed by atoms with Crippen LogP contribution < -0.4 is 22.5 Å². The zero-order valence-electron chi connectivity index (χ0n) is 37.7. The smallest absolute Gasteiger partial charge is 0.402 e. The number of fused-ring (bicyclic) bond motifs is 1. The van der Waals surface area contributed by atoms with Crippen molar-refractivity contribution in [2.45, 2.75) is 96.2 Å². The van der Waals surface area contributed by atoms with Gasteiger partial charge in [-0.15, -0.1) is 0 Å². The van der Waals surface area contributed by atoms with Gasteiger partial charge in [-0.05, 0) is 132 Å². The molecule has 1 spiro atoms. The van der Waals surface area contributed by atoms with Gasteiger partial charge >= 0.3 is 11.4 Å². The third-order valence-corrected chi connectivity index (χ3v) is 14.5. The number of imidazole rings is 1. The molecule has 1 saturated heterocycles. The van der Waals surface area contributed by atoms with Gasteiger partial charge in [0.2, 0.25) is 0 Å². The molecular weight excluding hydrogens is 847 g/mol. The van der Waals surface area contributed by atoms with Gasteiger partial charge in [0.05, 0.1) is 28.6 Å². The van der Waals surface area contributed by atoms with Gasteiger partial charge in [0, 0.05) is 78.5 Å². The van der Waals surface area contributed by atoms with Crippen LogP contribution in [0.3, 0.4) is 0 Å². The fourth-order valence-corrected chi connectivity index (χ4v) is 10.9. The van der Waals surface area contributed by atoms with Crippen LogP contribution in [-0.4, -0.2) is 78.5 Å². The van der Waals surface area contributed by atoms with Gasteiger partial charge in [0.25, 0.3) is 5.91 Å². The Bertz CT molecular complexity index is 3180. The van der Waals surface area contributed by atoms with Crippen molar-refractivity contribution in [2.24, 2.45) is 16.1 Å². The van der Waals surface area contributed by atoms with Crippen LogP contribution in [0.4, 0.5) is 20.2 Å². The van der Waals surface area contributed by atoms with Gasteiger partial charge in [0.15, 0.2) is 11.6 Å². The normalized spacial score (nSPS) is 22.3. The molecular formula is C49H52F2N10O5. The summed E-state index contributed by atoms with van der Waals surface area (Å²) in [5, 5.41) is 15.9. The number of aliphatic imine (C=N–C) groups is 1. The lowest BCUT2D eigenvalue weighted by Crippen LogP contribution is -2.49. The van der Waals surface area contributed by atoms with Crippen LogP contribution in [0.2, 0.25) is 0 Å². The van der Waals surface area contributed by atoms with E-state index in [4.69, 9.17) is 25.4 Å². The maximum atomic E-state index is 16.0. The second kappa shape index (κ2) is 15.4. The first-order valence-corrected chi connectivity index (χ1v) is 22.3. The topological polar surface area (TPSA) is 195 Å². The molecule has 17 heteroatoms. The van der Waals surface area contributed by atoms with Crippen LogP contribution in [0.25, 0.3) is 16.6 Å². The number of aromatic amines is 1. The van der Waals surface area contributed by atoms with Crippen LogP contribution in [0.1, 0.15) is 104 Å². The standard InChI is InChI=1S/C49H52F2N10O5/c1-26-19-32(20-27(2)40(26)50)55-42(60-17-16-59(46(60)64)37-10-8-35(54-6)33(24-52)41(37)51)39-28(3)58(15-11-34(39)53)43(62)38-22-31-21-29(30-12-18-65-47(4,5)23-30)7-9-36(31)61(38)49(25-48(49)13-14-48)44-56-45(63)66-57-44/h7-10,16-17,19-22,24,28,30,52,54H,11-15,18,23,25,53H2,1-6H3,(H,56,57,63). The minimum atomic E-state index is -0.843. The number of amides is 1. The highest BCUT2D eigenvalue weighted by atomic mass is 19.1. The summed E-state index contributed by atoms with van der Waals surface area (Å²) in [5.74, 6) is -1.46. The van der Waals surface area contributed by atoms with Crippen LogP contribution in [0.5, 0.6) is 0 Å². The zero-order chi connectivity index (χ0) is 46.6. The van der Waals surface area contributed by atoms with Crippen molar-refractivity contribution in [3.05, 3.63) is 139 Å². The van der Waals surface area contributed by atoms with Crippen molar-refractivity contribution in [3.63, 3.8) is 0 Å². The van der Waals surface area contributed by atoms with Gasteiger partial charge in [-0.25, -0.2) is 23.4 Å². The van der Waals surface area contributed by atoms with E-state index >= 15 is 9.18 Å². The lowest BCUT2D eigenvalue weighted by Gasteiger charge is -2.37. The molecule has 5 heterocycles. The summed E-state index contributed by atoms with van der Waals surface area (Å²) in [6.45, 7) is 10.2. The highest BCUT2D eigenvalue weighted by Gasteiger charge is 2.78. The first-order valence-electron chi connectivity index (χ1n) is 22.3. The molecule has 10 rings (SSSR count). The number of aromatic nitrogens is 5. The number of nitrogens with zero attached hydrogens (tertiary/aromatic N) is 6. The number of carbonyl (C=O) groups is 1. The Labute approximate surface area is 378 Å². The van der Waals surface area contributed by atoms with Gasteiger partial charge < -0.3 is 30.7 Å². The van der Waals surface area contributed by atoms with Crippen molar-refractivity contribution >= 4 is 40.2 Å². The van der Waals surface area contributed by atoms with E-state index in [9.17, 15) is 14.0 Å². The van der Waals surface area contributed by atoms with Crippen LogP contribution in [0.15, 0.2) is 91.3 Å². The molecule has 4 aliphatic rings. The Morgan fingerprint density at radius 2 is 1.82 bits per heavy atom. The molecule has 342 valence electrons. The fourth-order valence-electron chi connectivity index (χ4n) is 10.9. The quantitative estimate of drug-likeness (QED) is 0.0845. The maximum absolute atomic E-state index is 16.0. The lowest BCUT2D eigenvalue weighted by atomic mass is 9.83. The minimum Gasteiger partial charge on any atom is -0.402 e. The number of nitrogens with one attached hydrogen (secondary N) is 3. The predicted octanol–water partition coefficient (Wildman–Crippen LogP) is 7.53. The first-order chi connectivity index (χ1) is 31.5. The van der Waals surface area contributed by atoms with Crippen LogP contribution in [-0.2, 0) is 10.3 Å². The van der Waals surface area contributed by atoms with Gasteiger partial charge in [-0.2, -0.15) is 0 Å². The van der Waals surface area contributed by atoms with E-state index in [1.54, 1.807) is 44.0 Å². The highest BCUT2D eigenvalue weighted by Crippen LogP contribution is 2.79. The van der Waals surface area contributed by atoms with Crippen molar-refractivity contribution < 1.29 is 22.8 Å². The Morgan fingerprint density at radius 1 is 1.06 bits per heavy atom. The van der Waals surface area contributed by atoms with Gasteiger partial charge in [-0.1, -0.05) is 11.2 Å². The van der Waals surface area contributed by atoms with Crippen molar-refractivity contribution in [1.82, 2.24) is 28.7 Å². The number of carbonyl (C=O) groups excluding carboxylic acids is 1. The molecule has 0 bridgehead atoms. The number of hydrogen-bond donors (Lipinski definition) is 4. The largest absolute Gasteiger partial charge is 0.438 e. The first kappa shape index (κ1) is 43.0. The SMILES string of the molecule is CNc1ccc(-n2ccn(C(=Nc3cc(C)c(F)c(C)c3)C3=C(N)CCN(C(=O)c4cc5cc(C6CCOC(C)(C)C6)ccc5n4C4(c5noc(=O)[nH]5)CC45CC5)C3C)c2=O)c(F)c1C=N. The highest BCUT2D eigenvalue weighted by molar-refractivity contribution is 6.05. The molecule has 3 fully saturated rings. The Balaban J connectivity index is 1.11. The average Bonchev–Trinajstić information content (AvgIpc) is 3.98. The maximum Gasteiger partial charge on any atom is 0.438 e. The van der Waals surface area contributed by atoms with Crippen molar-refractivity contribution in [2.75, 3.05) is 25.5 Å². The molecule has 2 aliphatic carbocycles. The Kier molecular flexibility index (Phi) is 10.0. The number of benzene rings is 3. The van der Waals surface area contributed by atoms with E-state index < -0.39 is 34.7 Å². The molecule has 5 N–H and O–H groups in total. The van der Waals surface area contributed by atoms with E-state index in [2.05, 4.69) is 52.1 Å². The fraction of sp³-hybridized carbons (Fsp3) is 0.388. The molecule has 6 aromatic rings. The monoisotopic (exact) mass is 898 g/mol. The number of hydrogen-bond acceptors (Lipinski definition) is 10. The van der Waals surface area contributed by atoms with Crippen molar-refractivity contribution in [1.29, 1.82) is 5.41 Å². The average molecular weight is 899 g/mol. The molecule has 3 atom stereocenters. The Hall–Kier alpha value is -6.88. The second-order valence-electron chi connectivity index (χ2n) is 19.0. The molecule has 15 nitrogen and oxygen atoms in total. The second-order valence-corrected chi connectivity index (χ2v) is 19.0. The summed E-state index contributed by atoms with van der Waals surface area (Å²) in [6.07, 6.45) is 8.10. The number of H-pyrrole nitrogens is 1. The number of rotatable bonds is 9. The van der Waals surface area contributed by atoms with Gasteiger partial charge in [-0.3, -0.25) is 23.4 Å². The number of nitrogens with two attached hydrogens (primary N) is 1. The lowest BCUT2D eigenvalue weighted by molar-refractivity contribution is -0.0592. The third-order valence-electron chi connectivity index (χ3n) is 14.5. The van der Waals surface area contributed by atoms with E-state index in [0.29, 0.717) is 58.3 Å². The summed E-state index contributed by atoms with van der Waals surface area (Å²) < 4.78 is 46.6. The number of anilines is 1. The van der Waals surface area contributed by atoms with Gasteiger partial charge in [0.1, 0.15) is 22.9 Å². The van der Waals surface area contributed by atoms with Crippen molar-refractivity contribution in [3.8, 4) is 5.69 Å². The predicted molar refractivity (Wildman–Crippen MR) is 247 cm³/mol.